The summed E-state index contributed by atoms with van der Waals surface area (Å²) < 4.78 is 5.68. The van der Waals surface area contributed by atoms with Crippen molar-refractivity contribution in [3.05, 3.63) is 34.6 Å². The first-order valence-electron chi connectivity index (χ1n) is 5.90. The molecule has 0 amide bonds. The highest BCUT2D eigenvalue weighted by Crippen LogP contribution is 2.28. The van der Waals surface area contributed by atoms with E-state index in [0.29, 0.717) is 17.1 Å². The van der Waals surface area contributed by atoms with Crippen LogP contribution >= 0.6 is 0 Å². The zero-order valence-electron chi connectivity index (χ0n) is 10.8. The molecular weight excluding hydrogens is 244 g/mol. The lowest BCUT2D eigenvalue weighted by molar-refractivity contribution is 0.243. The second-order valence-corrected chi connectivity index (χ2v) is 4.38. The molecule has 6 heteroatoms. The van der Waals surface area contributed by atoms with E-state index in [4.69, 9.17) is 16.2 Å². The first-order chi connectivity index (χ1) is 8.99. The molecule has 2 aromatic rings. The van der Waals surface area contributed by atoms with Gasteiger partial charge in [-0.3, -0.25) is 4.79 Å². The maximum absolute atomic E-state index is 11.6. The van der Waals surface area contributed by atoms with Crippen LogP contribution in [0.15, 0.2) is 29.1 Å². The van der Waals surface area contributed by atoms with E-state index < -0.39 is 5.56 Å². The molecule has 0 unspecified atom stereocenters. The molecule has 0 fully saturated rings. The topological polar surface area (TPSA) is 107 Å². The molecule has 0 spiro atoms. The van der Waals surface area contributed by atoms with Gasteiger partial charge in [0.2, 0.25) is 0 Å². The van der Waals surface area contributed by atoms with E-state index in [1.807, 2.05) is 32.0 Å². The molecule has 5 N–H and O–H groups in total. The number of rotatable bonds is 3. The van der Waals surface area contributed by atoms with E-state index in [0.717, 1.165) is 0 Å². The quantitative estimate of drug-likeness (QED) is 0.773. The van der Waals surface area contributed by atoms with E-state index in [9.17, 15) is 4.79 Å². The highest BCUT2D eigenvalue weighted by atomic mass is 16.5. The number of anilines is 2. The van der Waals surface area contributed by atoms with Gasteiger partial charge in [0, 0.05) is 0 Å². The lowest BCUT2D eigenvalue weighted by Crippen LogP contribution is -2.17. The van der Waals surface area contributed by atoms with Crippen LogP contribution in [-0.2, 0) is 0 Å². The highest BCUT2D eigenvalue weighted by molar-refractivity contribution is 5.68. The van der Waals surface area contributed by atoms with Crippen molar-refractivity contribution in [3.8, 4) is 17.1 Å². The van der Waals surface area contributed by atoms with E-state index >= 15 is 0 Å². The van der Waals surface area contributed by atoms with Crippen molar-refractivity contribution in [2.45, 2.75) is 20.0 Å². The molecule has 0 saturated heterocycles. The molecule has 1 aromatic carbocycles. The minimum Gasteiger partial charge on any atom is -0.490 e. The van der Waals surface area contributed by atoms with E-state index in [-0.39, 0.29) is 17.6 Å². The summed E-state index contributed by atoms with van der Waals surface area (Å²) in [6.07, 6.45) is 0.0130. The van der Waals surface area contributed by atoms with E-state index in [1.165, 1.54) is 0 Å². The van der Waals surface area contributed by atoms with E-state index in [1.54, 1.807) is 6.07 Å². The predicted molar refractivity (Wildman–Crippen MR) is 74.9 cm³/mol. The van der Waals surface area contributed by atoms with Crippen LogP contribution < -0.4 is 21.8 Å². The molecule has 6 nitrogen and oxygen atoms in total. The van der Waals surface area contributed by atoms with Crippen molar-refractivity contribution in [2.75, 3.05) is 11.5 Å². The molecule has 0 atom stereocenters. The number of aromatic nitrogens is 2. The normalized spacial score (nSPS) is 10.7. The molecule has 1 aromatic heterocycles. The average molecular weight is 260 g/mol. The van der Waals surface area contributed by atoms with Crippen molar-refractivity contribution >= 4 is 11.5 Å². The number of nitrogens with two attached hydrogens (primary N) is 2. The second-order valence-electron chi connectivity index (χ2n) is 4.38. The minimum atomic E-state index is -0.457. The summed E-state index contributed by atoms with van der Waals surface area (Å²) in [5.41, 5.74) is 11.2. The van der Waals surface area contributed by atoms with Crippen LogP contribution in [0, 0.1) is 0 Å². The highest BCUT2D eigenvalue weighted by Gasteiger charge is 2.12. The fourth-order valence-electron chi connectivity index (χ4n) is 1.65. The first-order valence-corrected chi connectivity index (χ1v) is 5.90. The van der Waals surface area contributed by atoms with Crippen molar-refractivity contribution < 1.29 is 4.74 Å². The van der Waals surface area contributed by atoms with Crippen molar-refractivity contribution in [2.24, 2.45) is 0 Å². The second kappa shape index (κ2) is 5.01. The van der Waals surface area contributed by atoms with Crippen molar-refractivity contribution in [1.82, 2.24) is 9.97 Å². The third-order valence-electron chi connectivity index (χ3n) is 2.49. The molecule has 0 bridgehead atoms. The summed E-state index contributed by atoms with van der Waals surface area (Å²) in [5.74, 6) is 0.982. The zero-order valence-corrected chi connectivity index (χ0v) is 10.8. The standard InChI is InChI=1S/C13H16N4O2/c1-7(2)19-9-6-4-3-5-8(9)12-16-11(15)10(14)13(18)17-12/h3-7H,14H2,1-2H3,(H3,15,16,17,18). The van der Waals surface area contributed by atoms with Gasteiger partial charge in [-0.25, -0.2) is 4.98 Å². The third kappa shape index (κ3) is 2.67. The summed E-state index contributed by atoms with van der Waals surface area (Å²) in [7, 11) is 0. The number of ether oxygens (including phenoxy) is 1. The van der Waals surface area contributed by atoms with Crippen LogP contribution in [-0.4, -0.2) is 16.1 Å². The lowest BCUT2D eigenvalue weighted by atomic mass is 10.2. The first kappa shape index (κ1) is 12.9. The Labute approximate surface area is 110 Å². The molecule has 0 radical (unpaired) electrons. The van der Waals surface area contributed by atoms with E-state index in [2.05, 4.69) is 9.97 Å². The molecule has 100 valence electrons. The number of aromatic amines is 1. The Morgan fingerprint density at radius 2 is 1.95 bits per heavy atom. The number of nitrogen functional groups attached to an aromatic ring is 2. The summed E-state index contributed by atoms with van der Waals surface area (Å²) >= 11 is 0. The Morgan fingerprint density at radius 1 is 1.26 bits per heavy atom. The summed E-state index contributed by atoms with van der Waals surface area (Å²) in [4.78, 5) is 18.3. The van der Waals surface area contributed by atoms with Gasteiger partial charge < -0.3 is 21.2 Å². The van der Waals surface area contributed by atoms with Crippen LogP contribution in [0.25, 0.3) is 11.4 Å². The molecule has 0 aliphatic rings. The Bertz CT molecular complexity index is 649. The van der Waals surface area contributed by atoms with Crippen molar-refractivity contribution in [1.29, 1.82) is 0 Å². The molecule has 0 aliphatic carbocycles. The molecular formula is C13H16N4O2. The molecule has 0 saturated carbocycles. The summed E-state index contributed by atoms with van der Waals surface area (Å²) in [6.45, 7) is 3.84. The van der Waals surface area contributed by atoms with Gasteiger partial charge >= 0.3 is 0 Å². The predicted octanol–water partition coefficient (Wildman–Crippen LogP) is 1.39. The SMILES string of the molecule is CC(C)Oc1ccccc1-c1nc(N)c(N)c(=O)[nH]1. The maximum atomic E-state index is 11.6. The smallest absolute Gasteiger partial charge is 0.276 e. The monoisotopic (exact) mass is 260 g/mol. The summed E-state index contributed by atoms with van der Waals surface area (Å²) in [6, 6.07) is 7.28. The van der Waals surface area contributed by atoms with Gasteiger partial charge in [0.1, 0.15) is 17.3 Å². The Morgan fingerprint density at radius 3 is 2.58 bits per heavy atom. The van der Waals surface area contributed by atoms with Crippen LogP contribution in [0.2, 0.25) is 0 Å². The molecule has 2 rings (SSSR count). The zero-order chi connectivity index (χ0) is 14.0. The van der Waals surface area contributed by atoms with Crippen LogP contribution in [0.3, 0.4) is 0 Å². The fraction of sp³-hybridized carbons (Fsp3) is 0.231. The van der Waals surface area contributed by atoms with Gasteiger partial charge in [-0.05, 0) is 26.0 Å². The van der Waals surface area contributed by atoms with Gasteiger partial charge in [-0.15, -0.1) is 0 Å². The number of nitrogens with one attached hydrogen (secondary N) is 1. The fourth-order valence-corrected chi connectivity index (χ4v) is 1.65. The number of H-pyrrole nitrogens is 1. The Balaban J connectivity index is 2.56. The Kier molecular flexibility index (Phi) is 3.41. The van der Waals surface area contributed by atoms with Gasteiger partial charge in [0.05, 0.1) is 11.7 Å². The maximum Gasteiger partial charge on any atom is 0.276 e. The summed E-state index contributed by atoms with van der Waals surface area (Å²) in [5, 5.41) is 0. The van der Waals surface area contributed by atoms with Gasteiger partial charge in [-0.2, -0.15) is 0 Å². The van der Waals surface area contributed by atoms with Crippen LogP contribution in [0.4, 0.5) is 11.5 Å². The van der Waals surface area contributed by atoms with Crippen LogP contribution in [0.1, 0.15) is 13.8 Å². The van der Waals surface area contributed by atoms with Gasteiger partial charge in [0.25, 0.3) is 5.56 Å². The van der Waals surface area contributed by atoms with Gasteiger partial charge in [-0.1, -0.05) is 12.1 Å². The van der Waals surface area contributed by atoms with Gasteiger partial charge in [0.15, 0.2) is 5.82 Å². The number of hydrogen-bond acceptors (Lipinski definition) is 5. The average Bonchev–Trinajstić information content (AvgIpc) is 2.35. The Hall–Kier alpha value is -2.50. The van der Waals surface area contributed by atoms with Crippen molar-refractivity contribution in [3.63, 3.8) is 0 Å². The van der Waals surface area contributed by atoms with Crippen LogP contribution in [0.5, 0.6) is 5.75 Å². The number of para-hydroxylation sites is 1. The third-order valence-corrected chi connectivity index (χ3v) is 2.49. The molecule has 19 heavy (non-hydrogen) atoms. The molecule has 0 aliphatic heterocycles. The molecule has 1 heterocycles. The number of nitrogens with zero attached hydrogens (tertiary/aromatic N) is 1. The lowest BCUT2D eigenvalue weighted by Gasteiger charge is -2.13. The largest absolute Gasteiger partial charge is 0.490 e. The number of hydrogen-bond donors (Lipinski definition) is 3. The minimum absolute atomic E-state index is 0.0121. The number of benzene rings is 1.